The summed E-state index contributed by atoms with van der Waals surface area (Å²) < 4.78 is 5.84. The number of hydrogen-bond donors (Lipinski definition) is 2. The van der Waals surface area contributed by atoms with Crippen LogP contribution in [0.4, 0.5) is 0 Å². The van der Waals surface area contributed by atoms with Crippen molar-refractivity contribution in [1.29, 1.82) is 0 Å². The van der Waals surface area contributed by atoms with Crippen LogP contribution in [0.25, 0.3) is 16.7 Å². The molecule has 2 N–H and O–H groups in total. The molecule has 0 saturated carbocycles. The van der Waals surface area contributed by atoms with Gasteiger partial charge >= 0.3 is 0 Å². The number of hydrogen-bond acceptors (Lipinski definition) is 4. The van der Waals surface area contributed by atoms with E-state index in [1.54, 1.807) is 12.3 Å². The van der Waals surface area contributed by atoms with Gasteiger partial charge < -0.3 is 15.1 Å². The van der Waals surface area contributed by atoms with Crippen LogP contribution in [-0.2, 0) is 4.79 Å². The van der Waals surface area contributed by atoms with Crippen molar-refractivity contribution in [3.8, 4) is 0 Å². The number of allylic oxidation sites excluding steroid dienone is 2. The highest BCUT2D eigenvalue weighted by atomic mass is 16.3. The average Bonchev–Trinajstić information content (AvgIpc) is 3.09. The van der Waals surface area contributed by atoms with Crippen LogP contribution in [0.3, 0.4) is 0 Å². The van der Waals surface area contributed by atoms with E-state index in [2.05, 4.69) is 10.6 Å². The first-order chi connectivity index (χ1) is 9.85. The van der Waals surface area contributed by atoms with Gasteiger partial charge in [0.15, 0.2) is 12.0 Å². The third-order valence-corrected chi connectivity index (χ3v) is 3.58. The Labute approximate surface area is 115 Å². The summed E-state index contributed by atoms with van der Waals surface area (Å²) in [6.45, 7) is 0. The zero-order valence-corrected chi connectivity index (χ0v) is 10.6. The number of para-hydroxylation sites is 1. The lowest BCUT2D eigenvalue weighted by molar-refractivity contribution is -0.104. The van der Waals surface area contributed by atoms with Crippen molar-refractivity contribution in [3.63, 3.8) is 0 Å². The molecule has 0 fully saturated rings. The van der Waals surface area contributed by atoms with Crippen molar-refractivity contribution in [2.75, 3.05) is 0 Å². The first-order valence-electron chi connectivity index (χ1n) is 6.45. The molecular weight excluding hydrogens is 252 g/mol. The zero-order valence-electron chi connectivity index (χ0n) is 10.6. The molecule has 1 unspecified atom stereocenters. The van der Waals surface area contributed by atoms with Crippen LogP contribution in [0.15, 0.2) is 64.4 Å². The summed E-state index contributed by atoms with van der Waals surface area (Å²) in [5.74, 6) is 0.778. The van der Waals surface area contributed by atoms with E-state index < -0.39 is 0 Å². The van der Waals surface area contributed by atoms with Crippen LogP contribution in [0, 0.1) is 0 Å². The second kappa shape index (κ2) is 4.13. The summed E-state index contributed by atoms with van der Waals surface area (Å²) >= 11 is 0. The fourth-order valence-corrected chi connectivity index (χ4v) is 2.59. The minimum absolute atomic E-state index is 0.00316. The monoisotopic (exact) mass is 264 g/mol. The van der Waals surface area contributed by atoms with Gasteiger partial charge in [-0.15, -0.1) is 0 Å². The molecule has 4 heteroatoms. The Morgan fingerprint density at radius 2 is 2.15 bits per heavy atom. The summed E-state index contributed by atoms with van der Waals surface area (Å²) in [6.07, 6.45) is 6.45. The van der Waals surface area contributed by atoms with Crippen molar-refractivity contribution >= 4 is 23.0 Å². The molecule has 2 aliphatic heterocycles. The molecule has 0 radical (unpaired) electrons. The average molecular weight is 264 g/mol. The molecule has 98 valence electrons. The molecule has 0 amide bonds. The lowest BCUT2D eigenvalue weighted by Crippen LogP contribution is -2.29. The lowest BCUT2D eigenvalue weighted by Gasteiger charge is -2.17. The van der Waals surface area contributed by atoms with Gasteiger partial charge in [-0.3, -0.25) is 4.79 Å². The molecule has 0 bridgehead atoms. The molecule has 0 spiro atoms. The van der Waals surface area contributed by atoms with Crippen molar-refractivity contribution in [2.45, 2.75) is 6.04 Å². The Hall–Kier alpha value is -2.75. The van der Waals surface area contributed by atoms with Crippen molar-refractivity contribution in [3.05, 3.63) is 65.7 Å². The molecule has 20 heavy (non-hydrogen) atoms. The molecule has 0 aliphatic carbocycles. The molecule has 2 aromatic rings. The highest BCUT2D eigenvalue weighted by molar-refractivity contribution is 5.85. The summed E-state index contributed by atoms with van der Waals surface area (Å²) in [6, 6.07) is 9.89. The number of furan rings is 1. The summed E-state index contributed by atoms with van der Waals surface area (Å²) in [5.41, 5.74) is 3.28. The van der Waals surface area contributed by atoms with E-state index in [0.29, 0.717) is 5.57 Å². The van der Waals surface area contributed by atoms with E-state index in [1.807, 2.05) is 36.4 Å². The second-order valence-electron chi connectivity index (χ2n) is 4.82. The minimum atomic E-state index is 0.00316. The lowest BCUT2D eigenvalue weighted by atomic mass is 10.1. The van der Waals surface area contributed by atoms with Crippen molar-refractivity contribution in [2.24, 2.45) is 0 Å². The standard InChI is InChI=1S/C16H12N2O2/c19-9-11-5-6-17-13-8-12(18-16(11)13)15-7-10-3-1-2-4-14(10)20-15/h1-9,13,17-18H. The van der Waals surface area contributed by atoms with Crippen LogP contribution in [-0.4, -0.2) is 12.3 Å². The van der Waals surface area contributed by atoms with E-state index in [4.69, 9.17) is 4.42 Å². The summed E-state index contributed by atoms with van der Waals surface area (Å²) in [7, 11) is 0. The van der Waals surface area contributed by atoms with Gasteiger partial charge in [-0.25, -0.2) is 0 Å². The van der Waals surface area contributed by atoms with Gasteiger partial charge in [0.25, 0.3) is 0 Å². The number of fused-ring (bicyclic) bond motifs is 2. The molecule has 4 rings (SSSR count). The number of dihydropyridines is 1. The second-order valence-corrected chi connectivity index (χ2v) is 4.82. The van der Waals surface area contributed by atoms with Crippen LogP contribution in [0.2, 0.25) is 0 Å². The van der Waals surface area contributed by atoms with E-state index >= 15 is 0 Å². The molecule has 2 aliphatic rings. The van der Waals surface area contributed by atoms with E-state index in [1.165, 1.54) is 0 Å². The maximum absolute atomic E-state index is 11.1. The number of benzene rings is 1. The maximum atomic E-state index is 11.1. The predicted octanol–water partition coefficient (Wildman–Crippen LogP) is 2.32. The first kappa shape index (κ1) is 11.1. The van der Waals surface area contributed by atoms with Gasteiger partial charge in [0.1, 0.15) is 5.58 Å². The first-order valence-corrected chi connectivity index (χ1v) is 6.45. The van der Waals surface area contributed by atoms with E-state index in [0.717, 1.165) is 34.4 Å². The number of nitrogens with one attached hydrogen (secondary N) is 2. The Balaban J connectivity index is 1.76. The molecule has 0 saturated heterocycles. The minimum Gasteiger partial charge on any atom is -0.455 e. The van der Waals surface area contributed by atoms with Gasteiger partial charge in [-0.05, 0) is 30.5 Å². The van der Waals surface area contributed by atoms with Crippen molar-refractivity contribution < 1.29 is 9.21 Å². The molecule has 3 heterocycles. The highest BCUT2D eigenvalue weighted by Crippen LogP contribution is 2.29. The molecule has 1 aromatic carbocycles. The normalized spacial score (nSPS) is 20.4. The molecule has 1 aromatic heterocycles. The Morgan fingerprint density at radius 3 is 3.00 bits per heavy atom. The van der Waals surface area contributed by atoms with Crippen LogP contribution < -0.4 is 10.6 Å². The number of rotatable bonds is 2. The number of carbonyl (C=O) groups excluding carboxylic acids is 1. The van der Waals surface area contributed by atoms with Crippen LogP contribution >= 0.6 is 0 Å². The fourth-order valence-electron chi connectivity index (χ4n) is 2.59. The summed E-state index contributed by atoms with van der Waals surface area (Å²) in [5, 5.41) is 7.54. The summed E-state index contributed by atoms with van der Waals surface area (Å²) in [4.78, 5) is 11.1. The van der Waals surface area contributed by atoms with Crippen LogP contribution in [0.5, 0.6) is 0 Å². The smallest absolute Gasteiger partial charge is 0.151 e. The van der Waals surface area contributed by atoms with Gasteiger partial charge in [0.05, 0.1) is 17.4 Å². The Bertz CT molecular complexity index is 763. The number of aldehydes is 1. The predicted molar refractivity (Wildman–Crippen MR) is 76.5 cm³/mol. The number of carbonyl (C=O) groups is 1. The van der Waals surface area contributed by atoms with E-state index in [9.17, 15) is 4.79 Å². The Kier molecular flexibility index (Phi) is 2.29. The van der Waals surface area contributed by atoms with Crippen molar-refractivity contribution in [1.82, 2.24) is 10.6 Å². The maximum Gasteiger partial charge on any atom is 0.151 e. The van der Waals surface area contributed by atoms with Gasteiger partial charge in [-0.2, -0.15) is 0 Å². The Morgan fingerprint density at radius 1 is 1.25 bits per heavy atom. The third-order valence-electron chi connectivity index (χ3n) is 3.58. The topological polar surface area (TPSA) is 54.3 Å². The SMILES string of the molecule is O=CC1=C2NC(c3cc4ccccc4o3)=CC2NC=C1. The van der Waals surface area contributed by atoms with Crippen LogP contribution in [0.1, 0.15) is 5.76 Å². The largest absolute Gasteiger partial charge is 0.455 e. The highest BCUT2D eigenvalue weighted by Gasteiger charge is 2.26. The van der Waals surface area contributed by atoms with E-state index in [-0.39, 0.29) is 6.04 Å². The third kappa shape index (κ3) is 1.58. The fraction of sp³-hybridized carbons (Fsp3) is 0.0625. The zero-order chi connectivity index (χ0) is 13.5. The van der Waals surface area contributed by atoms with Gasteiger partial charge in [0, 0.05) is 11.0 Å². The van der Waals surface area contributed by atoms with Gasteiger partial charge in [0.2, 0.25) is 0 Å². The molecule has 4 nitrogen and oxygen atoms in total. The molecular formula is C16H12N2O2. The van der Waals surface area contributed by atoms with Gasteiger partial charge in [-0.1, -0.05) is 18.2 Å². The molecule has 1 atom stereocenters. The quantitative estimate of drug-likeness (QED) is 0.817.